The topological polar surface area (TPSA) is 56.7 Å². The fraction of sp³-hybridized carbons (Fsp3) is 0.176. The molecule has 4 heteroatoms. The highest BCUT2D eigenvalue weighted by Crippen LogP contribution is 2.29. The van der Waals surface area contributed by atoms with E-state index in [0.717, 1.165) is 34.5 Å². The molecule has 0 atom stereocenters. The molecular weight excluding hydrogens is 260 g/mol. The molecule has 3 aromatic rings. The summed E-state index contributed by atoms with van der Waals surface area (Å²) in [6.07, 6.45) is 4.51. The molecule has 0 spiro atoms. The number of anilines is 1. The van der Waals surface area contributed by atoms with E-state index in [-0.39, 0.29) is 0 Å². The van der Waals surface area contributed by atoms with Crippen molar-refractivity contribution in [2.45, 2.75) is 20.3 Å². The number of nitrogen functional groups attached to an aromatic ring is 1. The van der Waals surface area contributed by atoms with Crippen molar-refractivity contribution in [3.63, 3.8) is 0 Å². The molecule has 2 aromatic heterocycles. The second-order valence-corrected chi connectivity index (χ2v) is 5.06. The van der Waals surface area contributed by atoms with Gasteiger partial charge in [-0.25, -0.2) is 4.68 Å². The molecule has 2 N–H and O–H groups in total. The summed E-state index contributed by atoms with van der Waals surface area (Å²) in [5.74, 6) is 0.695. The van der Waals surface area contributed by atoms with Crippen LogP contribution in [-0.2, 0) is 6.42 Å². The second kappa shape index (κ2) is 5.40. The molecule has 1 aromatic carbocycles. The van der Waals surface area contributed by atoms with Crippen LogP contribution in [0.4, 0.5) is 5.82 Å². The van der Waals surface area contributed by atoms with Gasteiger partial charge >= 0.3 is 0 Å². The number of nitrogens with two attached hydrogens (primary N) is 1. The van der Waals surface area contributed by atoms with E-state index in [9.17, 15) is 0 Å². The van der Waals surface area contributed by atoms with Crippen molar-refractivity contribution in [2.75, 3.05) is 5.73 Å². The Balaban J connectivity index is 2.19. The largest absolute Gasteiger partial charge is 0.383 e. The third kappa shape index (κ3) is 2.40. The first-order valence-corrected chi connectivity index (χ1v) is 7.05. The van der Waals surface area contributed by atoms with Gasteiger partial charge in [0.25, 0.3) is 0 Å². The Morgan fingerprint density at radius 2 is 1.90 bits per heavy atom. The van der Waals surface area contributed by atoms with Crippen LogP contribution in [0.3, 0.4) is 0 Å². The maximum atomic E-state index is 6.30. The Kier molecular flexibility index (Phi) is 3.44. The first kappa shape index (κ1) is 13.4. The molecular formula is C17H18N4. The van der Waals surface area contributed by atoms with Crippen LogP contribution in [0.1, 0.15) is 18.1 Å². The Bertz CT molecular complexity index is 760. The predicted molar refractivity (Wildman–Crippen MR) is 85.3 cm³/mol. The first-order chi connectivity index (χ1) is 10.2. The van der Waals surface area contributed by atoms with Crippen molar-refractivity contribution in [1.82, 2.24) is 14.8 Å². The van der Waals surface area contributed by atoms with Crippen LogP contribution in [0.5, 0.6) is 0 Å². The number of hydrogen-bond donors (Lipinski definition) is 1. The summed E-state index contributed by atoms with van der Waals surface area (Å²) in [6.45, 7) is 4.12. The van der Waals surface area contributed by atoms with Gasteiger partial charge in [-0.1, -0.05) is 25.1 Å². The highest BCUT2D eigenvalue weighted by molar-refractivity contribution is 5.69. The van der Waals surface area contributed by atoms with Gasteiger partial charge in [0.05, 0.1) is 11.4 Å². The molecule has 0 saturated heterocycles. The summed E-state index contributed by atoms with van der Waals surface area (Å²) in [5, 5.41) is 4.71. The average Bonchev–Trinajstić information content (AvgIpc) is 2.85. The van der Waals surface area contributed by atoms with E-state index in [0.29, 0.717) is 5.82 Å². The molecule has 0 aliphatic heterocycles. The second-order valence-electron chi connectivity index (χ2n) is 5.06. The molecule has 0 fully saturated rings. The zero-order valence-electron chi connectivity index (χ0n) is 12.2. The van der Waals surface area contributed by atoms with Crippen LogP contribution in [0.25, 0.3) is 16.9 Å². The van der Waals surface area contributed by atoms with Gasteiger partial charge in [0.1, 0.15) is 5.82 Å². The smallest absolute Gasteiger partial charge is 0.131 e. The van der Waals surface area contributed by atoms with Gasteiger partial charge < -0.3 is 5.73 Å². The van der Waals surface area contributed by atoms with E-state index < -0.39 is 0 Å². The summed E-state index contributed by atoms with van der Waals surface area (Å²) >= 11 is 0. The minimum atomic E-state index is 0.695. The summed E-state index contributed by atoms with van der Waals surface area (Å²) < 4.78 is 1.80. The first-order valence-electron chi connectivity index (χ1n) is 7.05. The van der Waals surface area contributed by atoms with Crippen molar-refractivity contribution in [3.05, 3.63) is 59.9 Å². The Morgan fingerprint density at radius 3 is 2.57 bits per heavy atom. The summed E-state index contributed by atoms with van der Waals surface area (Å²) in [4.78, 5) is 4.26. The lowest BCUT2D eigenvalue weighted by molar-refractivity contribution is 0.894. The van der Waals surface area contributed by atoms with Crippen LogP contribution >= 0.6 is 0 Å². The molecule has 0 aliphatic rings. The van der Waals surface area contributed by atoms with Gasteiger partial charge in [0.15, 0.2) is 0 Å². The minimum absolute atomic E-state index is 0.695. The Morgan fingerprint density at radius 1 is 1.14 bits per heavy atom. The monoisotopic (exact) mass is 278 g/mol. The number of nitrogens with zero attached hydrogens (tertiary/aromatic N) is 3. The number of pyridine rings is 1. The maximum absolute atomic E-state index is 6.30. The summed E-state index contributed by atoms with van der Waals surface area (Å²) in [7, 11) is 0. The SMILES string of the molecule is CCc1c(-c2cncc(C)c2)nn(-c2ccccc2)c1N. The molecule has 0 aliphatic carbocycles. The lowest BCUT2D eigenvalue weighted by Gasteiger charge is -2.03. The van der Waals surface area contributed by atoms with Gasteiger partial charge in [0, 0.05) is 23.5 Å². The maximum Gasteiger partial charge on any atom is 0.131 e. The molecule has 21 heavy (non-hydrogen) atoms. The Labute approximate surface area is 124 Å². The number of benzene rings is 1. The van der Waals surface area contributed by atoms with Gasteiger partial charge in [-0.05, 0) is 37.1 Å². The third-order valence-corrected chi connectivity index (χ3v) is 3.53. The lowest BCUT2D eigenvalue weighted by atomic mass is 10.1. The van der Waals surface area contributed by atoms with E-state index in [4.69, 9.17) is 10.8 Å². The fourth-order valence-electron chi connectivity index (χ4n) is 2.49. The molecule has 3 rings (SSSR count). The van der Waals surface area contributed by atoms with Crippen LogP contribution in [0.15, 0.2) is 48.8 Å². The van der Waals surface area contributed by atoms with E-state index in [1.807, 2.05) is 49.6 Å². The van der Waals surface area contributed by atoms with Crippen LogP contribution in [0, 0.1) is 6.92 Å². The lowest BCUT2D eigenvalue weighted by Crippen LogP contribution is -2.02. The molecule has 0 amide bonds. The van der Waals surface area contributed by atoms with Gasteiger partial charge in [-0.3, -0.25) is 4.98 Å². The summed E-state index contributed by atoms with van der Waals surface area (Å²) in [6, 6.07) is 12.0. The van der Waals surface area contributed by atoms with Crippen LogP contribution in [0.2, 0.25) is 0 Å². The number of hydrogen-bond acceptors (Lipinski definition) is 3. The van der Waals surface area contributed by atoms with Crippen molar-refractivity contribution in [3.8, 4) is 16.9 Å². The zero-order valence-corrected chi connectivity index (χ0v) is 12.2. The highest BCUT2D eigenvalue weighted by Gasteiger charge is 2.16. The van der Waals surface area contributed by atoms with E-state index in [2.05, 4.69) is 18.0 Å². The van der Waals surface area contributed by atoms with Crippen LogP contribution in [-0.4, -0.2) is 14.8 Å². The van der Waals surface area contributed by atoms with Crippen molar-refractivity contribution >= 4 is 5.82 Å². The molecule has 4 nitrogen and oxygen atoms in total. The highest BCUT2D eigenvalue weighted by atomic mass is 15.3. The number of rotatable bonds is 3. The quantitative estimate of drug-likeness (QED) is 0.799. The van der Waals surface area contributed by atoms with Gasteiger partial charge in [-0.15, -0.1) is 0 Å². The van der Waals surface area contributed by atoms with Gasteiger partial charge in [-0.2, -0.15) is 5.10 Å². The number of aromatic nitrogens is 3. The van der Waals surface area contributed by atoms with Crippen molar-refractivity contribution < 1.29 is 0 Å². The number of para-hydroxylation sites is 1. The van der Waals surface area contributed by atoms with Crippen molar-refractivity contribution in [2.24, 2.45) is 0 Å². The normalized spacial score (nSPS) is 10.8. The van der Waals surface area contributed by atoms with E-state index >= 15 is 0 Å². The zero-order chi connectivity index (χ0) is 14.8. The molecule has 106 valence electrons. The minimum Gasteiger partial charge on any atom is -0.383 e. The van der Waals surface area contributed by atoms with E-state index in [1.54, 1.807) is 4.68 Å². The Hall–Kier alpha value is -2.62. The fourth-order valence-corrected chi connectivity index (χ4v) is 2.49. The molecule has 0 radical (unpaired) electrons. The number of aryl methyl sites for hydroxylation is 1. The molecule has 2 heterocycles. The standard InChI is InChI=1S/C17H18N4/c1-3-15-16(13-9-12(2)10-19-11-13)20-21(17(15)18)14-7-5-4-6-8-14/h4-11H,3,18H2,1-2H3. The predicted octanol–water partition coefficient (Wildman–Crippen LogP) is 3.39. The van der Waals surface area contributed by atoms with Gasteiger partial charge in [0.2, 0.25) is 0 Å². The molecule has 0 saturated carbocycles. The van der Waals surface area contributed by atoms with Crippen LogP contribution < -0.4 is 5.73 Å². The average molecular weight is 278 g/mol. The molecule has 0 unspecified atom stereocenters. The summed E-state index contributed by atoms with van der Waals surface area (Å²) in [5.41, 5.74) is 11.4. The molecule has 0 bridgehead atoms. The third-order valence-electron chi connectivity index (χ3n) is 3.53. The van der Waals surface area contributed by atoms with E-state index in [1.165, 1.54) is 0 Å². The van der Waals surface area contributed by atoms with Crippen molar-refractivity contribution in [1.29, 1.82) is 0 Å².